The molecular formula is C33H38O18. The number of Topliss-reactive ketones (excluding diaryl/α,β-unsaturated/α-hetero) is 1. The summed E-state index contributed by atoms with van der Waals surface area (Å²) >= 11 is 0. The first-order valence-corrected chi connectivity index (χ1v) is 15.8. The second kappa shape index (κ2) is 15.3. The number of fused-ring (bicyclic) bond motifs is 1. The molecule has 0 amide bonds. The molecular weight excluding hydrogens is 684 g/mol. The lowest BCUT2D eigenvalue weighted by Crippen LogP contribution is -2.65. The number of benzene rings is 2. The van der Waals surface area contributed by atoms with Crippen molar-refractivity contribution < 1.29 is 87.7 Å². The maximum Gasteiger partial charge on any atom is 0.303 e. The van der Waals surface area contributed by atoms with E-state index in [0.29, 0.717) is 0 Å². The molecule has 0 radical (unpaired) electrons. The van der Waals surface area contributed by atoms with Crippen molar-refractivity contribution in [2.75, 3.05) is 6.61 Å². The van der Waals surface area contributed by atoms with Crippen molar-refractivity contribution in [3.63, 3.8) is 0 Å². The van der Waals surface area contributed by atoms with Crippen LogP contribution < -0.4 is 9.47 Å². The van der Waals surface area contributed by atoms with E-state index in [0.717, 1.165) is 32.9 Å². The van der Waals surface area contributed by atoms with Gasteiger partial charge in [-0.05, 0) is 25.1 Å². The molecule has 0 aliphatic carbocycles. The minimum Gasteiger partial charge on any atom is -0.508 e. The molecule has 0 aromatic heterocycles. The summed E-state index contributed by atoms with van der Waals surface area (Å²) in [4.78, 5) is 48.6. The minimum atomic E-state index is -1.91. The van der Waals surface area contributed by atoms with Crippen molar-refractivity contribution in [3.8, 4) is 28.7 Å². The van der Waals surface area contributed by atoms with Gasteiger partial charge >= 0.3 is 17.9 Å². The minimum absolute atomic E-state index is 0.0436. The molecule has 2 fully saturated rings. The molecule has 18 nitrogen and oxygen atoms in total. The Hall–Kier alpha value is -4.72. The highest BCUT2D eigenvalue weighted by Crippen LogP contribution is 2.44. The number of hydrogen-bond donors (Lipinski definition) is 6. The summed E-state index contributed by atoms with van der Waals surface area (Å²) in [6.45, 7) is 4.13. The number of aliphatic hydroxyl groups excluding tert-OH is 3. The number of carbonyl (C=O) groups is 4. The zero-order chi connectivity index (χ0) is 37.3. The van der Waals surface area contributed by atoms with E-state index < -0.39 is 104 Å². The lowest BCUT2D eigenvalue weighted by molar-refractivity contribution is -0.351. The average Bonchev–Trinajstić information content (AvgIpc) is 3.03. The van der Waals surface area contributed by atoms with Gasteiger partial charge in [0.25, 0.3) is 0 Å². The van der Waals surface area contributed by atoms with Crippen molar-refractivity contribution in [3.05, 3.63) is 41.5 Å². The van der Waals surface area contributed by atoms with Crippen LogP contribution in [0.1, 0.15) is 56.1 Å². The first-order chi connectivity index (χ1) is 24.0. The highest BCUT2D eigenvalue weighted by Gasteiger charge is 2.53. The fourth-order valence-corrected chi connectivity index (χ4v) is 6.02. The Kier molecular flexibility index (Phi) is 11.2. The van der Waals surface area contributed by atoms with E-state index in [4.69, 9.17) is 37.9 Å². The largest absolute Gasteiger partial charge is 0.508 e. The summed E-state index contributed by atoms with van der Waals surface area (Å²) in [5.41, 5.74) is -0.0382. The van der Waals surface area contributed by atoms with Crippen LogP contribution in [0, 0.1) is 0 Å². The highest BCUT2D eigenvalue weighted by atomic mass is 16.8. The van der Waals surface area contributed by atoms with E-state index in [1.165, 1.54) is 25.1 Å². The second-order valence-electron chi connectivity index (χ2n) is 12.2. The summed E-state index contributed by atoms with van der Waals surface area (Å²) in [6, 6.07) is 5.93. The Morgan fingerprint density at radius 1 is 0.804 bits per heavy atom. The zero-order valence-electron chi connectivity index (χ0n) is 27.7. The molecule has 0 bridgehead atoms. The van der Waals surface area contributed by atoms with Crippen molar-refractivity contribution in [2.24, 2.45) is 0 Å². The third-order valence-electron chi connectivity index (χ3n) is 8.31. The number of phenols is 3. The number of ether oxygens (including phenoxy) is 8. The molecule has 18 heteroatoms. The molecule has 3 aliphatic rings. The van der Waals surface area contributed by atoms with Gasteiger partial charge in [-0.25, -0.2) is 0 Å². The van der Waals surface area contributed by atoms with Crippen LogP contribution in [0.25, 0.3) is 0 Å². The highest BCUT2D eigenvalue weighted by molar-refractivity contribution is 6.02. The van der Waals surface area contributed by atoms with Crippen molar-refractivity contribution in [1.29, 1.82) is 0 Å². The molecule has 11 atom stereocenters. The van der Waals surface area contributed by atoms with Crippen LogP contribution in [-0.2, 0) is 42.8 Å². The fraction of sp³-hybridized carbons (Fsp3) is 0.515. The van der Waals surface area contributed by atoms with Crippen LogP contribution >= 0.6 is 0 Å². The number of carbonyl (C=O) groups excluding carboxylic acids is 4. The van der Waals surface area contributed by atoms with Gasteiger partial charge in [0, 0.05) is 38.5 Å². The number of hydrogen-bond acceptors (Lipinski definition) is 18. The Bertz CT molecular complexity index is 1640. The van der Waals surface area contributed by atoms with Crippen LogP contribution in [0.5, 0.6) is 28.7 Å². The molecule has 2 aromatic rings. The topological polar surface area (TPSA) is 263 Å². The lowest BCUT2D eigenvalue weighted by atomic mass is 9.94. The molecule has 2 saturated heterocycles. The summed E-state index contributed by atoms with van der Waals surface area (Å²) in [7, 11) is 0. The number of aromatic hydroxyl groups is 3. The summed E-state index contributed by atoms with van der Waals surface area (Å²) < 4.78 is 45.3. The van der Waals surface area contributed by atoms with E-state index in [1.807, 2.05) is 0 Å². The van der Waals surface area contributed by atoms with Crippen LogP contribution in [0.3, 0.4) is 0 Å². The van der Waals surface area contributed by atoms with Gasteiger partial charge in [0.05, 0.1) is 12.5 Å². The van der Waals surface area contributed by atoms with E-state index in [2.05, 4.69) is 0 Å². The average molecular weight is 723 g/mol. The van der Waals surface area contributed by atoms with Crippen molar-refractivity contribution >= 4 is 23.7 Å². The third-order valence-corrected chi connectivity index (χ3v) is 8.31. The summed E-state index contributed by atoms with van der Waals surface area (Å²) in [6.07, 6.45) is -17.2. The number of phenolic OH excluding ortho intramolecular Hbond substituents is 3. The van der Waals surface area contributed by atoms with E-state index >= 15 is 0 Å². The van der Waals surface area contributed by atoms with Crippen LogP contribution in [0.15, 0.2) is 30.3 Å². The maximum atomic E-state index is 13.0. The molecule has 0 saturated carbocycles. The quantitative estimate of drug-likeness (QED) is 0.150. The molecule has 3 aliphatic heterocycles. The van der Waals surface area contributed by atoms with Gasteiger partial charge in [0.2, 0.25) is 6.29 Å². The van der Waals surface area contributed by atoms with Gasteiger partial charge in [-0.15, -0.1) is 0 Å². The van der Waals surface area contributed by atoms with E-state index in [1.54, 1.807) is 0 Å². The molecule has 6 N–H and O–H groups in total. The number of rotatable bonds is 9. The molecule has 2 aromatic carbocycles. The monoisotopic (exact) mass is 722 g/mol. The van der Waals surface area contributed by atoms with E-state index in [-0.39, 0.29) is 40.5 Å². The van der Waals surface area contributed by atoms with Crippen LogP contribution in [0.4, 0.5) is 0 Å². The van der Waals surface area contributed by atoms with Crippen molar-refractivity contribution in [1.82, 2.24) is 0 Å². The van der Waals surface area contributed by atoms with Gasteiger partial charge in [-0.1, -0.05) is 0 Å². The first kappa shape index (κ1) is 37.5. The normalized spacial score (nSPS) is 31.8. The number of esters is 3. The van der Waals surface area contributed by atoms with Gasteiger partial charge in [0.1, 0.15) is 77.5 Å². The smallest absolute Gasteiger partial charge is 0.303 e. The molecule has 5 rings (SSSR count). The Balaban J connectivity index is 1.44. The fourth-order valence-electron chi connectivity index (χ4n) is 6.02. The predicted octanol–water partition coefficient (Wildman–Crippen LogP) is 0.253. The zero-order valence-corrected chi connectivity index (χ0v) is 27.7. The summed E-state index contributed by atoms with van der Waals surface area (Å²) in [5.74, 6) is -4.25. The maximum absolute atomic E-state index is 13.0. The number of aliphatic hydroxyl groups is 3. The summed E-state index contributed by atoms with van der Waals surface area (Å²) in [5, 5.41) is 63.6. The SMILES string of the molecule is CC(=O)OC[C@H]1O[C@@H](O[C@@H]2[C@@H](O)[C@H](C)O[C@@H](Oc3ccc(O)cc3[C@@H]3CC(=O)c4c(O)cc(O)cc4O3)[C@@H]2OC(C)=O)[C@H](O)[C@@H](O)[C@@H]1OC(C)=O. The second-order valence-corrected chi connectivity index (χ2v) is 12.2. The van der Waals surface area contributed by atoms with Gasteiger partial charge in [-0.2, -0.15) is 0 Å². The molecule has 278 valence electrons. The van der Waals surface area contributed by atoms with E-state index in [9.17, 15) is 49.8 Å². The number of ketones is 1. The van der Waals surface area contributed by atoms with Crippen molar-refractivity contribution in [2.45, 2.75) is 102 Å². The van der Waals surface area contributed by atoms with Crippen LogP contribution in [-0.4, -0.2) is 122 Å². The molecule has 0 spiro atoms. The molecule has 51 heavy (non-hydrogen) atoms. The Morgan fingerprint density at radius 3 is 2.16 bits per heavy atom. The predicted molar refractivity (Wildman–Crippen MR) is 164 cm³/mol. The standard InChI is InChI=1S/C33H38O18/c1-12-26(41)30(51-32-28(43)27(42)29(46-14(3)35)24(50-32)11-44-13(2)34)31(47-15(4)36)33(45-12)49-21-6-5-16(37)7-18(21)22-10-20(40)25-19(39)8-17(38)9-23(25)48-22/h5-9,12,22,24,26-33,37-39,41-43H,10-11H2,1-4H3/t12-,22-,24+,26-,27+,28+,29+,30+,31+,32-,33-/m0/s1. The molecule has 0 unspecified atom stereocenters. The third kappa shape index (κ3) is 8.27. The van der Waals surface area contributed by atoms with Gasteiger partial charge < -0.3 is 68.5 Å². The van der Waals surface area contributed by atoms with Gasteiger partial charge in [0.15, 0.2) is 24.3 Å². The van der Waals surface area contributed by atoms with Crippen LogP contribution in [0.2, 0.25) is 0 Å². The Labute approximate surface area is 289 Å². The van der Waals surface area contributed by atoms with Gasteiger partial charge in [-0.3, -0.25) is 19.2 Å². The lowest BCUT2D eigenvalue weighted by Gasteiger charge is -2.46. The Morgan fingerprint density at radius 2 is 1.49 bits per heavy atom. The first-order valence-electron chi connectivity index (χ1n) is 15.8. The molecule has 3 heterocycles.